The van der Waals surface area contributed by atoms with Crippen molar-refractivity contribution in [1.82, 2.24) is 0 Å². The van der Waals surface area contributed by atoms with Crippen LogP contribution in [-0.4, -0.2) is 35.6 Å². The Kier molecular flexibility index (Phi) is 10.3. The van der Waals surface area contributed by atoms with Crippen molar-refractivity contribution < 1.29 is 13.6 Å². The van der Waals surface area contributed by atoms with Crippen molar-refractivity contribution in [1.29, 1.82) is 0 Å². The van der Waals surface area contributed by atoms with Crippen LogP contribution in [0.4, 0.5) is 0 Å². The highest BCUT2D eigenvalue weighted by atomic mass is 28.4. The van der Waals surface area contributed by atoms with Crippen LogP contribution in [0.5, 0.6) is 0 Å². The predicted octanol–water partition coefficient (Wildman–Crippen LogP) is 6.18. The molecule has 0 aromatic heterocycles. The van der Waals surface area contributed by atoms with E-state index in [1.807, 2.05) is 6.92 Å². The van der Waals surface area contributed by atoms with E-state index in [0.717, 1.165) is 30.8 Å². The van der Waals surface area contributed by atoms with Crippen molar-refractivity contribution in [3.63, 3.8) is 0 Å². The van der Waals surface area contributed by atoms with Crippen molar-refractivity contribution in [2.45, 2.75) is 84.2 Å². The number of benzene rings is 2. The second-order valence-corrected chi connectivity index (χ2v) is 19.2. The first-order chi connectivity index (χ1) is 15.7. The molecule has 2 aromatic carbocycles. The molecule has 33 heavy (non-hydrogen) atoms. The molecular formula is C28H44O3Si2. The van der Waals surface area contributed by atoms with E-state index < -0.39 is 16.6 Å². The van der Waals surface area contributed by atoms with Gasteiger partial charge in [-0.25, -0.2) is 0 Å². The maximum absolute atomic E-state index is 11.8. The fourth-order valence-electron chi connectivity index (χ4n) is 4.93. The molecular weight excluding hydrogens is 440 g/mol. The van der Waals surface area contributed by atoms with Crippen LogP contribution >= 0.6 is 0 Å². The average Bonchev–Trinajstić information content (AvgIpc) is 2.84. The fraction of sp³-hybridized carbons (Fsp3) is 0.536. The largest absolute Gasteiger partial charge is 0.413 e. The van der Waals surface area contributed by atoms with Crippen molar-refractivity contribution in [2.24, 2.45) is 5.92 Å². The van der Waals surface area contributed by atoms with E-state index in [0.29, 0.717) is 6.61 Å². The third-order valence-electron chi connectivity index (χ3n) is 7.27. The molecule has 0 aliphatic rings. The van der Waals surface area contributed by atoms with Gasteiger partial charge in [0, 0.05) is 12.5 Å². The number of rotatable bonds is 13. The number of carbonyl (C=O) groups is 1. The molecule has 2 atom stereocenters. The number of hydrogen-bond acceptors (Lipinski definition) is 3. The van der Waals surface area contributed by atoms with E-state index in [4.69, 9.17) is 8.85 Å². The Morgan fingerprint density at radius 2 is 1.30 bits per heavy atom. The van der Waals surface area contributed by atoms with Crippen molar-refractivity contribution in [2.75, 3.05) is 6.61 Å². The van der Waals surface area contributed by atoms with Gasteiger partial charge in [0.1, 0.15) is 6.29 Å². The Morgan fingerprint density at radius 1 is 0.848 bits per heavy atom. The number of aldehydes is 1. The molecule has 0 N–H and O–H groups in total. The summed E-state index contributed by atoms with van der Waals surface area (Å²) in [6, 6.07) is 24.7. The van der Waals surface area contributed by atoms with Crippen LogP contribution in [-0.2, 0) is 13.6 Å². The first-order valence-electron chi connectivity index (χ1n) is 12.6. The second kappa shape index (κ2) is 12.2. The van der Waals surface area contributed by atoms with Crippen LogP contribution in [0.15, 0.2) is 60.7 Å². The van der Waals surface area contributed by atoms with Gasteiger partial charge >= 0.3 is 0 Å². The molecule has 0 unspecified atom stereocenters. The van der Waals surface area contributed by atoms with E-state index >= 15 is 0 Å². The quantitative estimate of drug-likeness (QED) is 0.252. The molecule has 0 radical (unpaired) electrons. The first-order valence-corrected chi connectivity index (χ1v) is 17.0. The summed E-state index contributed by atoms with van der Waals surface area (Å²) >= 11 is 0. The monoisotopic (exact) mass is 484 g/mol. The smallest absolute Gasteiger partial charge is 0.261 e. The zero-order valence-electron chi connectivity index (χ0n) is 21.8. The zero-order chi connectivity index (χ0) is 24.5. The molecule has 3 nitrogen and oxygen atoms in total. The van der Waals surface area contributed by atoms with Crippen molar-refractivity contribution >= 4 is 33.3 Å². The summed E-state index contributed by atoms with van der Waals surface area (Å²) in [5.74, 6) is -0.135. The Labute approximate surface area is 204 Å². The van der Waals surface area contributed by atoms with E-state index in [-0.39, 0.29) is 17.1 Å². The standard InChI is InChI=1S/C28H44O3Si2/c1-8-32(9-2,10-3)31-27(24(4)23-29)21-22-30-33(28(5,6)7,25-17-13-11-14-18-25)26-19-15-12-16-20-26/h11-20,23-24,27H,8-10,21-22H2,1-7H3/t24-,27+/m0/s1. The summed E-state index contributed by atoms with van der Waals surface area (Å²) in [5.41, 5.74) is 0. The van der Waals surface area contributed by atoms with Gasteiger partial charge in [0.15, 0.2) is 8.32 Å². The van der Waals surface area contributed by atoms with Crippen LogP contribution in [0.1, 0.15) is 54.9 Å². The predicted molar refractivity (Wildman–Crippen MR) is 145 cm³/mol. The van der Waals surface area contributed by atoms with Gasteiger partial charge in [-0.15, -0.1) is 0 Å². The van der Waals surface area contributed by atoms with Crippen LogP contribution in [0.3, 0.4) is 0 Å². The highest BCUT2D eigenvalue weighted by molar-refractivity contribution is 6.99. The van der Waals surface area contributed by atoms with Crippen molar-refractivity contribution in [3.8, 4) is 0 Å². The summed E-state index contributed by atoms with van der Waals surface area (Å²) < 4.78 is 13.9. The lowest BCUT2D eigenvalue weighted by atomic mass is 10.0. The van der Waals surface area contributed by atoms with E-state index in [2.05, 4.69) is 102 Å². The molecule has 182 valence electrons. The third kappa shape index (κ3) is 6.33. The van der Waals surface area contributed by atoms with Gasteiger partial charge in [0.2, 0.25) is 0 Å². The van der Waals surface area contributed by atoms with Crippen LogP contribution < -0.4 is 10.4 Å². The maximum atomic E-state index is 11.8. The van der Waals surface area contributed by atoms with Gasteiger partial charge < -0.3 is 13.6 Å². The van der Waals surface area contributed by atoms with E-state index in [1.165, 1.54) is 10.4 Å². The maximum Gasteiger partial charge on any atom is 0.261 e. The fourth-order valence-corrected chi connectivity index (χ4v) is 12.5. The molecule has 0 aliphatic carbocycles. The minimum Gasteiger partial charge on any atom is -0.413 e. The zero-order valence-corrected chi connectivity index (χ0v) is 23.8. The SMILES string of the molecule is CC[Si](CC)(CC)O[C@H](CCO[Si](c1ccccc1)(c1ccccc1)C(C)(C)C)[C@@H](C)C=O. The molecule has 0 aliphatic heterocycles. The van der Waals surface area contributed by atoms with Gasteiger partial charge in [-0.3, -0.25) is 0 Å². The van der Waals surface area contributed by atoms with Gasteiger partial charge in [0.25, 0.3) is 8.32 Å². The van der Waals surface area contributed by atoms with E-state index in [9.17, 15) is 4.79 Å². The lowest BCUT2D eigenvalue weighted by Gasteiger charge is -2.43. The number of hydrogen-bond donors (Lipinski definition) is 0. The highest BCUT2D eigenvalue weighted by Crippen LogP contribution is 2.37. The average molecular weight is 485 g/mol. The minimum atomic E-state index is -2.58. The first kappa shape index (κ1) is 27.7. The highest BCUT2D eigenvalue weighted by Gasteiger charge is 2.50. The Balaban J connectivity index is 2.40. The molecule has 2 rings (SSSR count). The molecule has 0 bridgehead atoms. The lowest BCUT2D eigenvalue weighted by molar-refractivity contribution is -0.113. The molecule has 5 heteroatoms. The molecule has 0 amide bonds. The normalized spacial score (nSPS) is 14.6. The Morgan fingerprint density at radius 3 is 1.67 bits per heavy atom. The summed E-state index contributed by atoms with van der Waals surface area (Å²) in [7, 11) is -4.40. The third-order valence-corrected chi connectivity index (χ3v) is 17.0. The minimum absolute atomic E-state index is 0.0584. The second-order valence-electron chi connectivity index (χ2n) is 10.2. The van der Waals surface area contributed by atoms with Crippen LogP contribution in [0.25, 0.3) is 0 Å². The number of carbonyl (C=O) groups excluding carboxylic acids is 1. The summed E-state index contributed by atoms with van der Waals surface area (Å²) in [6.45, 7) is 16.2. The van der Waals surface area contributed by atoms with Gasteiger partial charge in [-0.2, -0.15) is 0 Å². The summed E-state index contributed by atoms with van der Waals surface area (Å²) in [6.07, 6.45) is 1.69. The molecule has 0 heterocycles. The summed E-state index contributed by atoms with van der Waals surface area (Å²) in [5, 5.41) is 2.50. The molecule has 0 saturated heterocycles. The van der Waals surface area contributed by atoms with Gasteiger partial charge in [0.05, 0.1) is 6.10 Å². The van der Waals surface area contributed by atoms with Gasteiger partial charge in [-0.05, 0) is 40.0 Å². The molecule has 2 aromatic rings. The molecule has 0 saturated carbocycles. The lowest BCUT2D eigenvalue weighted by Crippen LogP contribution is -2.66. The van der Waals surface area contributed by atoms with Crippen LogP contribution in [0, 0.1) is 5.92 Å². The summed E-state index contributed by atoms with van der Waals surface area (Å²) in [4.78, 5) is 11.8. The topological polar surface area (TPSA) is 35.5 Å². The van der Waals surface area contributed by atoms with Gasteiger partial charge in [-0.1, -0.05) is 109 Å². The molecule has 0 spiro atoms. The molecule has 0 fully saturated rings. The Hall–Kier alpha value is -1.54. The van der Waals surface area contributed by atoms with Crippen LogP contribution in [0.2, 0.25) is 23.2 Å². The van der Waals surface area contributed by atoms with Crippen molar-refractivity contribution in [3.05, 3.63) is 60.7 Å². The van der Waals surface area contributed by atoms with E-state index in [1.54, 1.807) is 0 Å². The Bertz CT molecular complexity index is 781.